The van der Waals surface area contributed by atoms with E-state index in [0.29, 0.717) is 27.4 Å². The van der Waals surface area contributed by atoms with Gasteiger partial charge in [-0.15, -0.1) is 0 Å². The second-order valence-corrected chi connectivity index (χ2v) is 7.67. The molecule has 1 unspecified atom stereocenters. The van der Waals surface area contributed by atoms with E-state index in [1.54, 1.807) is 12.1 Å². The summed E-state index contributed by atoms with van der Waals surface area (Å²) in [5.74, 6) is 0.703. The number of ether oxygens (including phenoxy) is 1. The van der Waals surface area contributed by atoms with Crippen LogP contribution in [0.15, 0.2) is 36.4 Å². The van der Waals surface area contributed by atoms with Crippen LogP contribution in [-0.4, -0.2) is 30.5 Å². The van der Waals surface area contributed by atoms with E-state index in [2.05, 4.69) is 22.3 Å². The Kier molecular flexibility index (Phi) is 6.88. The number of hydrogen-bond donors (Lipinski definition) is 1. The summed E-state index contributed by atoms with van der Waals surface area (Å²) >= 11 is 18.2. The molecule has 1 amide bonds. The number of likely N-dealkylation sites (tertiary alicyclic amines) is 1. The molecule has 4 nitrogen and oxygen atoms in total. The van der Waals surface area contributed by atoms with Crippen LogP contribution in [0.25, 0.3) is 0 Å². The summed E-state index contributed by atoms with van der Waals surface area (Å²) in [6.45, 7) is 3.75. The standard InChI is InChI=1S/C20H21Cl3N2O2/c1-2-27-15-7-5-13(6-8-15)18-4-3-9-25(18)12-19(26)24-20-16(22)10-14(21)11-17(20)23/h5-8,10-11,18H,2-4,9,12H2,1H3,(H,24,26). The third-order valence-corrected chi connectivity index (χ3v) is 5.37. The Morgan fingerprint density at radius 1 is 1.19 bits per heavy atom. The normalized spacial score (nSPS) is 17.1. The van der Waals surface area contributed by atoms with E-state index < -0.39 is 0 Å². The van der Waals surface area contributed by atoms with Gasteiger partial charge >= 0.3 is 0 Å². The van der Waals surface area contributed by atoms with Crippen molar-refractivity contribution in [2.45, 2.75) is 25.8 Å². The third kappa shape index (κ3) is 5.08. The molecule has 3 rings (SSSR count). The molecule has 2 aromatic rings. The highest BCUT2D eigenvalue weighted by molar-refractivity contribution is 6.42. The van der Waals surface area contributed by atoms with Crippen molar-refractivity contribution < 1.29 is 9.53 Å². The van der Waals surface area contributed by atoms with Gasteiger partial charge in [-0.3, -0.25) is 9.69 Å². The van der Waals surface area contributed by atoms with E-state index >= 15 is 0 Å². The summed E-state index contributed by atoms with van der Waals surface area (Å²) in [7, 11) is 0. The monoisotopic (exact) mass is 426 g/mol. The summed E-state index contributed by atoms with van der Waals surface area (Å²) in [4.78, 5) is 14.7. The minimum absolute atomic E-state index is 0.154. The molecule has 0 aliphatic carbocycles. The van der Waals surface area contributed by atoms with Gasteiger partial charge in [-0.2, -0.15) is 0 Å². The van der Waals surface area contributed by atoms with E-state index in [0.717, 1.165) is 25.1 Å². The van der Waals surface area contributed by atoms with E-state index in [1.165, 1.54) is 5.56 Å². The van der Waals surface area contributed by atoms with Gasteiger partial charge in [0.05, 0.1) is 28.9 Å². The fraction of sp³-hybridized carbons (Fsp3) is 0.350. The maximum Gasteiger partial charge on any atom is 0.238 e. The second kappa shape index (κ2) is 9.16. The average molecular weight is 428 g/mol. The molecule has 1 atom stereocenters. The Hall–Kier alpha value is -1.46. The Morgan fingerprint density at radius 2 is 1.85 bits per heavy atom. The van der Waals surface area contributed by atoms with Crippen molar-refractivity contribution in [2.75, 3.05) is 25.0 Å². The van der Waals surface area contributed by atoms with E-state index in [9.17, 15) is 4.79 Å². The Balaban J connectivity index is 1.66. The minimum atomic E-state index is -0.154. The van der Waals surface area contributed by atoms with Crippen molar-refractivity contribution in [1.82, 2.24) is 4.90 Å². The number of anilines is 1. The van der Waals surface area contributed by atoms with Crippen LogP contribution in [-0.2, 0) is 4.79 Å². The highest BCUT2D eigenvalue weighted by Gasteiger charge is 2.28. The lowest BCUT2D eigenvalue weighted by Gasteiger charge is -2.24. The molecule has 7 heteroatoms. The second-order valence-electron chi connectivity index (χ2n) is 6.42. The highest BCUT2D eigenvalue weighted by atomic mass is 35.5. The fourth-order valence-electron chi connectivity index (χ4n) is 3.37. The molecular formula is C20H21Cl3N2O2. The van der Waals surface area contributed by atoms with Crippen LogP contribution in [0.1, 0.15) is 31.4 Å². The van der Waals surface area contributed by atoms with E-state index in [-0.39, 0.29) is 18.5 Å². The molecule has 27 heavy (non-hydrogen) atoms. The molecule has 144 valence electrons. The summed E-state index contributed by atoms with van der Waals surface area (Å²) in [5.41, 5.74) is 1.58. The topological polar surface area (TPSA) is 41.6 Å². The van der Waals surface area contributed by atoms with Crippen LogP contribution >= 0.6 is 34.8 Å². The smallest absolute Gasteiger partial charge is 0.238 e. The van der Waals surface area contributed by atoms with Crippen molar-refractivity contribution in [3.8, 4) is 5.75 Å². The maximum absolute atomic E-state index is 12.6. The van der Waals surface area contributed by atoms with Crippen molar-refractivity contribution in [3.05, 3.63) is 57.0 Å². The SMILES string of the molecule is CCOc1ccc(C2CCCN2CC(=O)Nc2c(Cl)cc(Cl)cc2Cl)cc1. The molecule has 1 aliphatic rings. The van der Waals surface area contributed by atoms with Gasteiger partial charge in [0, 0.05) is 11.1 Å². The quantitative estimate of drug-likeness (QED) is 0.631. The van der Waals surface area contributed by atoms with Crippen molar-refractivity contribution in [1.29, 1.82) is 0 Å². The number of rotatable bonds is 6. The summed E-state index contributed by atoms with van der Waals surface area (Å²) in [6.07, 6.45) is 2.07. The number of benzene rings is 2. The maximum atomic E-state index is 12.6. The molecule has 0 aromatic heterocycles. The molecule has 1 aliphatic heterocycles. The van der Waals surface area contributed by atoms with E-state index in [4.69, 9.17) is 39.5 Å². The fourth-order valence-corrected chi connectivity index (χ4v) is 4.28. The molecule has 1 heterocycles. The van der Waals surface area contributed by atoms with Gasteiger partial charge in [0.2, 0.25) is 5.91 Å². The lowest BCUT2D eigenvalue weighted by atomic mass is 10.0. The summed E-state index contributed by atoms with van der Waals surface area (Å²) in [5, 5.41) is 3.88. The number of carbonyl (C=O) groups excluding carboxylic acids is 1. The first kappa shape index (κ1) is 20.3. The van der Waals surface area contributed by atoms with Crippen LogP contribution in [0.4, 0.5) is 5.69 Å². The van der Waals surface area contributed by atoms with Gasteiger partial charge in [-0.25, -0.2) is 0 Å². The number of carbonyl (C=O) groups is 1. The van der Waals surface area contributed by atoms with Gasteiger partial charge in [-0.1, -0.05) is 46.9 Å². The summed E-state index contributed by atoms with van der Waals surface area (Å²) < 4.78 is 5.50. The van der Waals surface area contributed by atoms with Crippen LogP contribution < -0.4 is 10.1 Å². The van der Waals surface area contributed by atoms with Gasteiger partial charge in [0.1, 0.15) is 5.75 Å². The molecule has 2 aromatic carbocycles. The molecule has 0 spiro atoms. The van der Waals surface area contributed by atoms with E-state index in [1.807, 2.05) is 19.1 Å². The van der Waals surface area contributed by atoms with Gasteiger partial charge in [-0.05, 0) is 56.1 Å². The van der Waals surface area contributed by atoms with Gasteiger partial charge in [0.15, 0.2) is 0 Å². The number of hydrogen-bond acceptors (Lipinski definition) is 3. The van der Waals surface area contributed by atoms with Crippen LogP contribution in [0.3, 0.4) is 0 Å². The van der Waals surface area contributed by atoms with Crippen LogP contribution in [0, 0.1) is 0 Å². The first-order valence-corrected chi connectivity index (χ1v) is 10.0. The van der Waals surface area contributed by atoms with Crippen LogP contribution in [0.5, 0.6) is 5.75 Å². The molecule has 0 radical (unpaired) electrons. The molecule has 1 saturated heterocycles. The molecule has 1 fully saturated rings. The number of nitrogens with one attached hydrogen (secondary N) is 1. The molecular weight excluding hydrogens is 407 g/mol. The first-order valence-electron chi connectivity index (χ1n) is 8.89. The van der Waals surface area contributed by atoms with Gasteiger partial charge in [0.25, 0.3) is 0 Å². The average Bonchev–Trinajstić information content (AvgIpc) is 3.07. The number of halogens is 3. The lowest BCUT2D eigenvalue weighted by molar-refractivity contribution is -0.117. The van der Waals surface area contributed by atoms with Crippen molar-refractivity contribution in [3.63, 3.8) is 0 Å². The highest BCUT2D eigenvalue weighted by Crippen LogP contribution is 2.35. The minimum Gasteiger partial charge on any atom is -0.494 e. The summed E-state index contributed by atoms with van der Waals surface area (Å²) in [6, 6.07) is 11.4. The van der Waals surface area contributed by atoms with Crippen molar-refractivity contribution in [2.24, 2.45) is 0 Å². The van der Waals surface area contributed by atoms with Crippen LogP contribution in [0.2, 0.25) is 15.1 Å². The molecule has 0 bridgehead atoms. The zero-order valence-corrected chi connectivity index (χ0v) is 17.2. The predicted octanol–water partition coefficient (Wildman–Crippen LogP) is 5.82. The Morgan fingerprint density at radius 3 is 2.48 bits per heavy atom. The largest absolute Gasteiger partial charge is 0.494 e. The molecule has 1 N–H and O–H groups in total. The predicted molar refractivity (Wildman–Crippen MR) is 111 cm³/mol. The number of nitrogens with zero attached hydrogens (tertiary/aromatic N) is 1. The molecule has 0 saturated carbocycles. The first-order chi connectivity index (χ1) is 13.0. The number of amides is 1. The van der Waals surface area contributed by atoms with Gasteiger partial charge < -0.3 is 10.1 Å². The third-order valence-electron chi connectivity index (χ3n) is 4.56. The zero-order chi connectivity index (χ0) is 19.4. The van der Waals surface area contributed by atoms with Crippen molar-refractivity contribution >= 4 is 46.4 Å². The Bertz CT molecular complexity index is 788. The Labute approximate surface area is 174 Å². The lowest BCUT2D eigenvalue weighted by Crippen LogP contribution is -2.33. The zero-order valence-electron chi connectivity index (χ0n) is 15.0.